The number of aromatic amines is 1. The maximum Gasteiger partial charge on any atom is 0.297 e. The molecule has 0 aliphatic heterocycles. The lowest BCUT2D eigenvalue weighted by Crippen LogP contribution is -2.15. The summed E-state index contributed by atoms with van der Waals surface area (Å²) in [5.74, 6) is -0.613. The number of tetrazole rings is 1. The zero-order chi connectivity index (χ0) is 14.5. The Hall–Kier alpha value is -2.77. The van der Waals surface area contributed by atoms with Gasteiger partial charge in [0.05, 0.1) is 0 Å². The summed E-state index contributed by atoms with van der Waals surface area (Å²) in [5.41, 5.74) is 2.05. The minimum absolute atomic E-state index is 0.0487. The van der Waals surface area contributed by atoms with Gasteiger partial charge in [0.15, 0.2) is 0 Å². The molecule has 3 N–H and O–H groups in total. The number of benzene rings is 1. The van der Waals surface area contributed by atoms with E-state index in [1.807, 2.05) is 6.92 Å². The van der Waals surface area contributed by atoms with E-state index in [4.69, 9.17) is 0 Å². The first-order valence-corrected chi connectivity index (χ1v) is 6.05. The number of nitrogens with one attached hydrogen (secondary N) is 3. The van der Waals surface area contributed by atoms with E-state index in [1.54, 1.807) is 25.1 Å². The van der Waals surface area contributed by atoms with Crippen LogP contribution in [0.1, 0.15) is 29.5 Å². The van der Waals surface area contributed by atoms with Crippen molar-refractivity contribution in [2.75, 3.05) is 10.6 Å². The predicted molar refractivity (Wildman–Crippen MR) is 72.2 cm³/mol. The van der Waals surface area contributed by atoms with Crippen molar-refractivity contribution in [3.63, 3.8) is 0 Å². The third-order valence-electron chi connectivity index (χ3n) is 2.64. The van der Waals surface area contributed by atoms with E-state index >= 15 is 0 Å². The highest BCUT2D eigenvalue weighted by Crippen LogP contribution is 2.20. The number of carbonyl (C=O) groups excluding carboxylic acids is 2. The fourth-order valence-corrected chi connectivity index (χ4v) is 1.52. The first kappa shape index (κ1) is 13.7. The van der Waals surface area contributed by atoms with Crippen molar-refractivity contribution in [3.8, 4) is 0 Å². The second-order valence-corrected chi connectivity index (χ2v) is 4.12. The normalized spacial score (nSPS) is 10.1. The molecule has 0 radical (unpaired) electrons. The molecule has 1 aromatic heterocycles. The summed E-state index contributed by atoms with van der Waals surface area (Å²) in [4.78, 5) is 23.2. The monoisotopic (exact) mass is 274 g/mol. The number of aromatic nitrogens is 4. The minimum Gasteiger partial charge on any atom is -0.326 e. The van der Waals surface area contributed by atoms with E-state index in [9.17, 15) is 9.59 Å². The van der Waals surface area contributed by atoms with Crippen LogP contribution in [0.15, 0.2) is 18.2 Å². The summed E-state index contributed by atoms with van der Waals surface area (Å²) in [6.07, 6.45) is 0.387. The molecular weight excluding hydrogens is 260 g/mol. The Morgan fingerprint density at radius 2 is 2.10 bits per heavy atom. The molecule has 0 atom stereocenters. The van der Waals surface area contributed by atoms with Gasteiger partial charge in [-0.05, 0) is 29.8 Å². The van der Waals surface area contributed by atoms with Gasteiger partial charge in [0.25, 0.3) is 11.7 Å². The molecule has 0 aliphatic carbocycles. The van der Waals surface area contributed by atoms with Gasteiger partial charge in [-0.1, -0.05) is 13.0 Å². The third-order valence-corrected chi connectivity index (χ3v) is 2.64. The predicted octanol–water partition coefficient (Wildman–Crippen LogP) is 1.11. The standard InChI is InChI=1S/C12H14N6O2/c1-3-10(19)13-8-5-4-7(2)9(6-8)14-12(20)11-15-17-18-16-11/h4-6H,3H2,1-2H3,(H,13,19)(H,14,20)(H,15,16,17,18). The van der Waals surface area contributed by atoms with Crippen LogP contribution in [0, 0.1) is 6.92 Å². The molecule has 104 valence electrons. The number of hydrogen-bond donors (Lipinski definition) is 3. The van der Waals surface area contributed by atoms with Crippen LogP contribution in [0.25, 0.3) is 0 Å². The van der Waals surface area contributed by atoms with E-state index < -0.39 is 5.91 Å². The molecule has 2 amide bonds. The Labute approximate surface area is 115 Å². The second-order valence-electron chi connectivity index (χ2n) is 4.12. The SMILES string of the molecule is CCC(=O)Nc1ccc(C)c(NC(=O)c2nn[nH]n2)c1. The number of carbonyl (C=O) groups is 2. The minimum atomic E-state index is -0.471. The number of anilines is 2. The molecular formula is C12H14N6O2. The van der Waals surface area contributed by atoms with Gasteiger partial charge in [-0.3, -0.25) is 9.59 Å². The van der Waals surface area contributed by atoms with Gasteiger partial charge in [-0.2, -0.15) is 5.21 Å². The average Bonchev–Trinajstić information content (AvgIpc) is 2.96. The number of hydrogen-bond acceptors (Lipinski definition) is 5. The Bertz CT molecular complexity index is 623. The van der Waals surface area contributed by atoms with Crippen molar-refractivity contribution in [2.45, 2.75) is 20.3 Å². The zero-order valence-corrected chi connectivity index (χ0v) is 11.1. The van der Waals surface area contributed by atoms with Crippen LogP contribution in [-0.4, -0.2) is 32.4 Å². The maximum absolute atomic E-state index is 11.8. The summed E-state index contributed by atoms with van der Waals surface area (Å²) in [6.45, 7) is 3.61. The van der Waals surface area contributed by atoms with Gasteiger partial charge >= 0.3 is 0 Å². The van der Waals surface area contributed by atoms with Gasteiger partial charge in [-0.25, -0.2) is 0 Å². The molecule has 20 heavy (non-hydrogen) atoms. The highest BCUT2D eigenvalue weighted by atomic mass is 16.2. The highest BCUT2D eigenvalue weighted by Gasteiger charge is 2.12. The van der Waals surface area contributed by atoms with Gasteiger partial charge < -0.3 is 10.6 Å². The first-order chi connectivity index (χ1) is 9.60. The Morgan fingerprint density at radius 1 is 1.30 bits per heavy atom. The average molecular weight is 274 g/mol. The lowest BCUT2D eigenvalue weighted by Gasteiger charge is -2.10. The lowest BCUT2D eigenvalue weighted by atomic mass is 10.1. The quantitative estimate of drug-likeness (QED) is 0.773. The summed E-state index contributed by atoms with van der Waals surface area (Å²) in [6, 6.07) is 5.25. The van der Waals surface area contributed by atoms with Crippen LogP contribution in [-0.2, 0) is 4.79 Å². The maximum atomic E-state index is 11.8. The van der Waals surface area contributed by atoms with Crippen molar-refractivity contribution in [2.24, 2.45) is 0 Å². The molecule has 0 aliphatic rings. The summed E-state index contributed by atoms with van der Waals surface area (Å²) >= 11 is 0. The van der Waals surface area contributed by atoms with E-state index in [0.29, 0.717) is 17.8 Å². The Morgan fingerprint density at radius 3 is 2.75 bits per heavy atom. The smallest absolute Gasteiger partial charge is 0.297 e. The van der Waals surface area contributed by atoms with Crippen molar-refractivity contribution in [3.05, 3.63) is 29.6 Å². The molecule has 1 heterocycles. The molecule has 0 saturated heterocycles. The van der Waals surface area contributed by atoms with Gasteiger partial charge in [0.1, 0.15) is 0 Å². The van der Waals surface area contributed by atoms with Crippen molar-refractivity contribution in [1.82, 2.24) is 20.6 Å². The number of H-pyrrole nitrogens is 1. The number of nitrogens with zero attached hydrogens (tertiary/aromatic N) is 3. The molecule has 1 aromatic carbocycles. The van der Waals surface area contributed by atoms with E-state index in [-0.39, 0.29) is 11.7 Å². The molecule has 0 fully saturated rings. The van der Waals surface area contributed by atoms with E-state index in [1.165, 1.54) is 0 Å². The summed E-state index contributed by atoms with van der Waals surface area (Å²) in [5, 5.41) is 18.1. The van der Waals surface area contributed by atoms with Crippen LogP contribution in [0.5, 0.6) is 0 Å². The van der Waals surface area contributed by atoms with Crippen LogP contribution in [0.3, 0.4) is 0 Å². The molecule has 8 heteroatoms. The Kier molecular flexibility index (Phi) is 4.04. The molecule has 0 spiro atoms. The van der Waals surface area contributed by atoms with E-state index in [0.717, 1.165) is 5.56 Å². The molecule has 8 nitrogen and oxygen atoms in total. The second kappa shape index (κ2) is 5.91. The lowest BCUT2D eigenvalue weighted by molar-refractivity contribution is -0.115. The third kappa shape index (κ3) is 3.16. The van der Waals surface area contributed by atoms with Crippen molar-refractivity contribution >= 4 is 23.2 Å². The van der Waals surface area contributed by atoms with Crippen LogP contribution in [0.2, 0.25) is 0 Å². The number of amides is 2. The van der Waals surface area contributed by atoms with Gasteiger partial charge in [-0.15, -0.1) is 10.2 Å². The number of rotatable bonds is 4. The zero-order valence-electron chi connectivity index (χ0n) is 11.1. The molecule has 0 unspecified atom stereocenters. The van der Waals surface area contributed by atoms with Crippen molar-refractivity contribution < 1.29 is 9.59 Å². The Balaban J connectivity index is 2.16. The fourth-order valence-electron chi connectivity index (χ4n) is 1.52. The van der Waals surface area contributed by atoms with Crippen LogP contribution in [0.4, 0.5) is 11.4 Å². The van der Waals surface area contributed by atoms with Crippen molar-refractivity contribution in [1.29, 1.82) is 0 Å². The first-order valence-electron chi connectivity index (χ1n) is 6.05. The largest absolute Gasteiger partial charge is 0.326 e. The fraction of sp³-hybridized carbons (Fsp3) is 0.250. The summed E-state index contributed by atoms with van der Waals surface area (Å²) < 4.78 is 0. The van der Waals surface area contributed by atoms with Crippen LogP contribution < -0.4 is 10.6 Å². The van der Waals surface area contributed by atoms with E-state index in [2.05, 4.69) is 31.3 Å². The van der Waals surface area contributed by atoms with Gasteiger partial charge in [0, 0.05) is 17.8 Å². The molecule has 0 bridgehead atoms. The van der Waals surface area contributed by atoms with Crippen LogP contribution >= 0.6 is 0 Å². The molecule has 2 aromatic rings. The highest BCUT2D eigenvalue weighted by molar-refractivity contribution is 6.02. The molecule has 2 rings (SSSR count). The summed E-state index contributed by atoms with van der Waals surface area (Å²) in [7, 11) is 0. The number of aryl methyl sites for hydroxylation is 1. The topological polar surface area (TPSA) is 113 Å². The molecule has 0 saturated carbocycles. The van der Waals surface area contributed by atoms with Gasteiger partial charge in [0.2, 0.25) is 5.91 Å².